The summed E-state index contributed by atoms with van der Waals surface area (Å²) in [5.41, 5.74) is 1.24. The molecule has 0 bridgehead atoms. The van der Waals surface area contributed by atoms with Gasteiger partial charge >= 0.3 is 0 Å². The van der Waals surface area contributed by atoms with Crippen molar-refractivity contribution >= 4 is 17.7 Å². The zero-order valence-electron chi connectivity index (χ0n) is 9.94. The number of thioether (sulfide) groups is 1. The van der Waals surface area contributed by atoms with Crippen LogP contribution in [0.15, 0.2) is 24.3 Å². The molecule has 0 radical (unpaired) electrons. The van der Waals surface area contributed by atoms with Gasteiger partial charge in [0.2, 0.25) is 5.91 Å². The summed E-state index contributed by atoms with van der Waals surface area (Å²) < 4.78 is 5.67. The van der Waals surface area contributed by atoms with Crippen molar-refractivity contribution < 1.29 is 9.53 Å². The van der Waals surface area contributed by atoms with E-state index in [2.05, 4.69) is 11.4 Å². The van der Waals surface area contributed by atoms with Gasteiger partial charge in [0.25, 0.3) is 0 Å². The summed E-state index contributed by atoms with van der Waals surface area (Å²) >= 11 is 1.54. The van der Waals surface area contributed by atoms with E-state index in [4.69, 9.17) is 4.74 Å². The number of carbonyl (C=O) groups is 1. The second kappa shape index (κ2) is 5.96. The van der Waals surface area contributed by atoms with Crippen LogP contribution in [0, 0.1) is 5.92 Å². The smallest absolute Gasteiger partial charge is 0.229 e. The van der Waals surface area contributed by atoms with E-state index in [1.54, 1.807) is 11.8 Å². The Kier molecular flexibility index (Phi) is 4.31. The third-order valence-electron chi connectivity index (χ3n) is 2.82. The van der Waals surface area contributed by atoms with Gasteiger partial charge in [0.05, 0.1) is 12.4 Å². The number of nitrogens with one attached hydrogen (secondary N) is 1. The molecule has 17 heavy (non-hydrogen) atoms. The molecule has 1 heterocycles. The van der Waals surface area contributed by atoms with Crippen LogP contribution in [0.3, 0.4) is 0 Å². The molecule has 1 atom stereocenters. The third kappa shape index (κ3) is 3.40. The van der Waals surface area contributed by atoms with Gasteiger partial charge in [-0.15, -0.1) is 0 Å². The summed E-state index contributed by atoms with van der Waals surface area (Å²) in [7, 11) is 0. The predicted molar refractivity (Wildman–Crippen MR) is 70.5 cm³/mol. The molecule has 3 nitrogen and oxygen atoms in total. The average molecular weight is 251 g/mol. The van der Waals surface area contributed by atoms with E-state index in [-0.39, 0.29) is 5.91 Å². The Bertz CT molecular complexity index is 395. The highest BCUT2D eigenvalue weighted by Crippen LogP contribution is 2.26. The van der Waals surface area contributed by atoms with Crippen LogP contribution in [0.5, 0.6) is 5.75 Å². The molecule has 1 N–H and O–H groups in total. The molecule has 1 aliphatic heterocycles. The molecular weight excluding hydrogens is 234 g/mol. The monoisotopic (exact) mass is 251 g/mol. The van der Waals surface area contributed by atoms with Crippen LogP contribution in [0.4, 0.5) is 0 Å². The van der Waals surface area contributed by atoms with E-state index in [9.17, 15) is 4.79 Å². The number of amides is 1. The second-order valence-electron chi connectivity index (χ2n) is 4.23. The summed E-state index contributed by atoms with van der Waals surface area (Å²) in [5, 5.41) is 2.94. The molecule has 2 rings (SSSR count). The van der Waals surface area contributed by atoms with Crippen LogP contribution < -0.4 is 10.1 Å². The lowest BCUT2D eigenvalue weighted by Gasteiger charge is -2.25. The minimum Gasteiger partial charge on any atom is -0.493 e. The van der Waals surface area contributed by atoms with E-state index in [0.29, 0.717) is 24.8 Å². The predicted octanol–water partition coefficient (Wildman–Crippen LogP) is 1.72. The van der Waals surface area contributed by atoms with E-state index in [1.165, 1.54) is 5.56 Å². The lowest BCUT2D eigenvalue weighted by atomic mass is 9.97. The zero-order chi connectivity index (χ0) is 12.1. The van der Waals surface area contributed by atoms with Crippen molar-refractivity contribution in [2.24, 2.45) is 5.92 Å². The van der Waals surface area contributed by atoms with Crippen molar-refractivity contribution in [2.45, 2.75) is 6.42 Å². The minimum absolute atomic E-state index is 0.108. The maximum atomic E-state index is 11.4. The Morgan fingerprint density at radius 3 is 3.18 bits per heavy atom. The molecular formula is C13H17NO2S. The number of para-hydroxylation sites is 1. The van der Waals surface area contributed by atoms with Gasteiger partial charge in [0.15, 0.2) is 0 Å². The lowest BCUT2D eigenvalue weighted by Crippen LogP contribution is -2.35. The highest BCUT2D eigenvalue weighted by atomic mass is 32.2. The summed E-state index contributed by atoms with van der Waals surface area (Å²) in [6.45, 7) is 1.39. The van der Waals surface area contributed by atoms with E-state index in [1.807, 2.05) is 24.5 Å². The van der Waals surface area contributed by atoms with Gasteiger partial charge < -0.3 is 10.1 Å². The van der Waals surface area contributed by atoms with Crippen LogP contribution >= 0.6 is 11.8 Å². The van der Waals surface area contributed by atoms with E-state index < -0.39 is 0 Å². The molecule has 0 saturated heterocycles. The van der Waals surface area contributed by atoms with Crippen LogP contribution in [-0.4, -0.2) is 31.1 Å². The molecule has 0 unspecified atom stereocenters. The summed E-state index contributed by atoms with van der Waals surface area (Å²) in [6.07, 6.45) is 2.91. The van der Waals surface area contributed by atoms with Gasteiger partial charge in [-0.3, -0.25) is 4.79 Å². The van der Waals surface area contributed by atoms with Gasteiger partial charge in [-0.05, 0) is 24.3 Å². The maximum absolute atomic E-state index is 11.4. The first-order chi connectivity index (χ1) is 8.29. The van der Waals surface area contributed by atoms with Crippen molar-refractivity contribution in [3.05, 3.63) is 29.8 Å². The molecule has 0 spiro atoms. The van der Waals surface area contributed by atoms with Gasteiger partial charge in [0, 0.05) is 12.5 Å². The minimum atomic E-state index is 0.108. The van der Waals surface area contributed by atoms with Crippen molar-refractivity contribution in [1.82, 2.24) is 5.32 Å². The van der Waals surface area contributed by atoms with Gasteiger partial charge in [-0.1, -0.05) is 18.2 Å². The van der Waals surface area contributed by atoms with Crippen LogP contribution in [0.25, 0.3) is 0 Å². The number of hydrogen-bond donors (Lipinski definition) is 1. The Morgan fingerprint density at radius 1 is 1.53 bits per heavy atom. The van der Waals surface area contributed by atoms with Crippen LogP contribution in [0.1, 0.15) is 5.56 Å². The highest BCUT2D eigenvalue weighted by Gasteiger charge is 2.19. The number of carbonyl (C=O) groups excluding carboxylic acids is 1. The van der Waals surface area contributed by atoms with Crippen molar-refractivity contribution in [3.8, 4) is 5.75 Å². The molecule has 1 aromatic rings. The zero-order valence-corrected chi connectivity index (χ0v) is 10.8. The molecule has 0 saturated carbocycles. The Hall–Kier alpha value is -1.16. The Balaban J connectivity index is 1.84. The summed E-state index contributed by atoms with van der Waals surface area (Å²) in [5.74, 6) is 2.01. The van der Waals surface area contributed by atoms with Gasteiger partial charge in [-0.2, -0.15) is 11.8 Å². The molecule has 92 valence electrons. The first-order valence-electron chi connectivity index (χ1n) is 5.76. The fourth-order valence-corrected chi connectivity index (χ4v) is 2.33. The molecule has 1 amide bonds. The standard InChI is InChI=1S/C13H17NO2S/c1-17-9-13(15)14-7-10-6-11-4-2-3-5-12(11)16-8-10/h2-5,10H,6-9H2,1H3,(H,14,15)/t10-/m1/s1. The molecule has 4 heteroatoms. The number of hydrogen-bond acceptors (Lipinski definition) is 3. The third-order valence-corrected chi connectivity index (χ3v) is 3.37. The Labute approximate surface area is 106 Å². The highest BCUT2D eigenvalue weighted by molar-refractivity contribution is 7.99. The quantitative estimate of drug-likeness (QED) is 0.885. The van der Waals surface area contributed by atoms with Crippen molar-refractivity contribution in [1.29, 1.82) is 0 Å². The molecule has 0 aliphatic carbocycles. The summed E-state index contributed by atoms with van der Waals surface area (Å²) in [6, 6.07) is 8.10. The van der Waals surface area contributed by atoms with Crippen LogP contribution in [0.2, 0.25) is 0 Å². The number of rotatable bonds is 4. The molecule has 0 aromatic heterocycles. The first kappa shape index (κ1) is 12.3. The Morgan fingerprint density at radius 2 is 2.35 bits per heavy atom. The topological polar surface area (TPSA) is 38.3 Å². The largest absolute Gasteiger partial charge is 0.493 e. The number of benzene rings is 1. The van der Waals surface area contributed by atoms with E-state index >= 15 is 0 Å². The normalized spacial score (nSPS) is 18.1. The number of fused-ring (bicyclic) bond motifs is 1. The first-order valence-corrected chi connectivity index (χ1v) is 7.15. The van der Waals surface area contributed by atoms with Gasteiger partial charge in [0.1, 0.15) is 5.75 Å². The average Bonchev–Trinajstić information content (AvgIpc) is 2.36. The SMILES string of the molecule is CSCC(=O)NC[C@@H]1COc2ccccc2C1. The van der Waals surface area contributed by atoms with Crippen molar-refractivity contribution in [3.63, 3.8) is 0 Å². The molecule has 1 aliphatic rings. The molecule has 0 fully saturated rings. The van der Waals surface area contributed by atoms with Gasteiger partial charge in [-0.25, -0.2) is 0 Å². The maximum Gasteiger partial charge on any atom is 0.229 e. The second-order valence-corrected chi connectivity index (χ2v) is 5.09. The van der Waals surface area contributed by atoms with Crippen molar-refractivity contribution in [2.75, 3.05) is 25.2 Å². The molecule has 1 aromatic carbocycles. The fraction of sp³-hybridized carbons (Fsp3) is 0.462. The lowest BCUT2D eigenvalue weighted by molar-refractivity contribution is -0.118. The van der Waals surface area contributed by atoms with E-state index in [0.717, 1.165) is 12.2 Å². The fourth-order valence-electron chi connectivity index (χ4n) is 1.96. The number of ether oxygens (including phenoxy) is 1. The van der Waals surface area contributed by atoms with Crippen LogP contribution in [-0.2, 0) is 11.2 Å². The summed E-state index contributed by atoms with van der Waals surface area (Å²) in [4.78, 5) is 11.4.